The van der Waals surface area contributed by atoms with E-state index in [0.717, 1.165) is 0 Å². The largest absolute Gasteiger partial charge is 0.332 e. The van der Waals surface area contributed by atoms with Crippen LogP contribution in [0.1, 0.15) is 30.6 Å². The summed E-state index contributed by atoms with van der Waals surface area (Å²) in [6.07, 6.45) is 0.659. The molecule has 0 bridgehead atoms. The van der Waals surface area contributed by atoms with Crippen LogP contribution < -0.4 is 15.4 Å². The second kappa shape index (κ2) is 9.54. The number of thiocarbonyl (C=S) groups is 1. The van der Waals surface area contributed by atoms with Crippen molar-refractivity contribution in [1.29, 1.82) is 0 Å². The molecular weight excluding hydrogens is 416 g/mol. The molecule has 29 heavy (non-hydrogen) atoms. The Kier molecular flexibility index (Phi) is 7.37. The van der Waals surface area contributed by atoms with E-state index in [-0.39, 0.29) is 27.3 Å². The van der Waals surface area contributed by atoms with Gasteiger partial charge in [-0.1, -0.05) is 19.1 Å². The van der Waals surface area contributed by atoms with Gasteiger partial charge in [-0.15, -0.1) is 0 Å². The minimum Gasteiger partial charge on any atom is -0.332 e. The number of rotatable bonds is 7. The minimum atomic E-state index is -3.63. The van der Waals surface area contributed by atoms with E-state index >= 15 is 0 Å². The molecule has 0 saturated carbocycles. The molecule has 1 amide bonds. The van der Waals surface area contributed by atoms with Crippen molar-refractivity contribution in [2.45, 2.75) is 31.2 Å². The van der Waals surface area contributed by atoms with E-state index in [0.29, 0.717) is 12.1 Å². The first kappa shape index (κ1) is 22.4. The number of amides is 1. The molecule has 0 aliphatic heterocycles. The summed E-state index contributed by atoms with van der Waals surface area (Å²) in [6, 6.07) is 11.1. The van der Waals surface area contributed by atoms with E-state index in [1.165, 1.54) is 48.5 Å². The summed E-state index contributed by atoms with van der Waals surface area (Å²) in [5.74, 6) is -0.730. The zero-order valence-electron chi connectivity index (χ0n) is 15.7. The van der Waals surface area contributed by atoms with Crippen LogP contribution in [0.15, 0.2) is 53.4 Å². The van der Waals surface area contributed by atoms with Crippen LogP contribution in [0.25, 0.3) is 0 Å². The Morgan fingerprint density at radius 3 is 2.38 bits per heavy atom. The number of nitro benzene ring substituents is 1. The summed E-state index contributed by atoms with van der Waals surface area (Å²) >= 11 is 5.06. The highest BCUT2D eigenvalue weighted by Crippen LogP contribution is 2.18. The van der Waals surface area contributed by atoms with Crippen LogP contribution in [0.4, 0.5) is 11.4 Å². The second-order valence-electron chi connectivity index (χ2n) is 6.14. The van der Waals surface area contributed by atoms with E-state index in [1.54, 1.807) is 6.92 Å². The van der Waals surface area contributed by atoms with E-state index in [1.807, 2.05) is 6.92 Å². The lowest BCUT2D eigenvalue weighted by Gasteiger charge is -2.13. The molecule has 1 unspecified atom stereocenters. The standard InChI is InChI=1S/C18H20N4O5S2/c1-3-12(2)21-29(26,27)14-10-8-13(9-11-14)19-18(28)20-17(23)15-6-4-5-7-16(15)22(24)25/h4-12,21H,3H2,1-2H3,(H2,19,20,23,28). The van der Waals surface area contributed by atoms with Crippen molar-refractivity contribution < 1.29 is 18.1 Å². The molecule has 2 aromatic rings. The van der Waals surface area contributed by atoms with Crippen molar-refractivity contribution in [2.75, 3.05) is 5.32 Å². The number of nitrogens with one attached hydrogen (secondary N) is 3. The summed E-state index contributed by atoms with van der Waals surface area (Å²) in [5, 5.41) is 16.0. The molecule has 0 spiro atoms. The average Bonchev–Trinajstić information content (AvgIpc) is 2.67. The van der Waals surface area contributed by atoms with Crippen molar-refractivity contribution >= 4 is 44.6 Å². The van der Waals surface area contributed by atoms with E-state index in [4.69, 9.17) is 12.2 Å². The molecule has 3 N–H and O–H groups in total. The summed E-state index contributed by atoms with van der Waals surface area (Å²) in [7, 11) is -3.63. The quantitative estimate of drug-likeness (QED) is 0.346. The van der Waals surface area contributed by atoms with Crippen LogP contribution in [0.3, 0.4) is 0 Å². The topological polar surface area (TPSA) is 130 Å². The Hall–Kier alpha value is -2.89. The summed E-state index contributed by atoms with van der Waals surface area (Å²) in [4.78, 5) is 22.7. The molecule has 11 heteroatoms. The maximum atomic E-state index is 12.3. The predicted molar refractivity (Wildman–Crippen MR) is 113 cm³/mol. The number of nitro groups is 1. The molecule has 2 aromatic carbocycles. The maximum Gasteiger partial charge on any atom is 0.282 e. The number of hydrogen-bond acceptors (Lipinski definition) is 6. The fraction of sp³-hybridized carbons (Fsp3) is 0.222. The molecule has 0 aromatic heterocycles. The smallest absolute Gasteiger partial charge is 0.282 e. The van der Waals surface area contributed by atoms with Crippen molar-refractivity contribution in [3.05, 3.63) is 64.2 Å². The lowest BCUT2D eigenvalue weighted by atomic mass is 10.1. The molecule has 9 nitrogen and oxygen atoms in total. The number of nitrogens with zero attached hydrogens (tertiary/aromatic N) is 1. The number of benzene rings is 2. The van der Waals surface area contributed by atoms with Gasteiger partial charge in [0, 0.05) is 17.8 Å². The number of anilines is 1. The normalized spacial score (nSPS) is 12.1. The maximum absolute atomic E-state index is 12.3. The van der Waals surface area contributed by atoms with Crippen LogP contribution in [-0.2, 0) is 10.0 Å². The van der Waals surface area contributed by atoms with Crippen molar-refractivity contribution in [3.63, 3.8) is 0 Å². The van der Waals surface area contributed by atoms with Gasteiger partial charge < -0.3 is 5.32 Å². The Morgan fingerprint density at radius 2 is 1.79 bits per heavy atom. The monoisotopic (exact) mass is 436 g/mol. The summed E-state index contributed by atoms with van der Waals surface area (Å²) in [5.41, 5.74) is -0.0178. The zero-order chi connectivity index (χ0) is 21.6. The Balaban J connectivity index is 2.05. The minimum absolute atomic E-state index is 0.0820. The molecule has 2 rings (SSSR count). The number of hydrogen-bond donors (Lipinski definition) is 3. The molecule has 0 radical (unpaired) electrons. The van der Waals surface area contributed by atoms with Gasteiger partial charge >= 0.3 is 0 Å². The summed E-state index contributed by atoms with van der Waals surface area (Å²) in [6.45, 7) is 3.64. The first-order chi connectivity index (χ1) is 13.6. The number of sulfonamides is 1. The molecule has 0 aliphatic carbocycles. The molecule has 0 saturated heterocycles. The Labute approximate surface area is 173 Å². The SMILES string of the molecule is CCC(C)NS(=O)(=O)c1ccc(NC(=S)NC(=O)c2ccccc2[N+](=O)[O-])cc1. The van der Waals surface area contributed by atoms with Gasteiger partial charge in [0.15, 0.2) is 5.11 Å². The van der Waals surface area contributed by atoms with Gasteiger partial charge in [-0.2, -0.15) is 0 Å². The highest BCUT2D eigenvalue weighted by atomic mass is 32.2. The van der Waals surface area contributed by atoms with Gasteiger partial charge in [-0.25, -0.2) is 13.1 Å². The van der Waals surface area contributed by atoms with Crippen molar-refractivity contribution in [1.82, 2.24) is 10.0 Å². The third kappa shape index (κ3) is 6.04. The van der Waals surface area contributed by atoms with Crippen LogP contribution in [0.2, 0.25) is 0 Å². The molecule has 1 atom stereocenters. The molecule has 154 valence electrons. The van der Waals surface area contributed by atoms with Gasteiger partial charge in [0.1, 0.15) is 5.56 Å². The van der Waals surface area contributed by atoms with E-state index in [9.17, 15) is 23.3 Å². The average molecular weight is 437 g/mol. The predicted octanol–water partition coefficient (Wildman–Crippen LogP) is 2.80. The Bertz CT molecular complexity index is 1020. The first-order valence-electron chi connectivity index (χ1n) is 8.62. The van der Waals surface area contributed by atoms with Crippen LogP contribution in [0.5, 0.6) is 0 Å². The van der Waals surface area contributed by atoms with Crippen LogP contribution in [0, 0.1) is 10.1 Å². The second-order valence-corrected chi connectivity index (χ2v) is 8.26. The van der Waals surface area contributed by atoms with Gasteiger partial charge in [0.2, 0.25) is 10.0 Å². The fourth-order valence-corrected chi connectivity index (χ4v) is 3.83. The van der Waals surface area contributed by atoms with E-state index in [2.05, 4.69) is 15.4 Å². The third-order valence-electron chi connectivity index (χ3n) is 3.96. The lowest BCUT2D eigenvalue weighted by molar-refractivity contribution is -0.385. The number of carbonyl (C=O) groups is 1. The highest BCUT2D eigenvalue weighted by molar-refractivity contribution is 7.89. The fourth-order valence-electron chi connectivity index (χ4n) is 2.29. The highest BCUT2D eigenvalue weighted by Gasteiger charge is 2.20. The van der Waals surface area contributed by atoms with Gasteiger partial charge in [0.25, 0.3) is 11.6 Å². The molecule has 0 aliphatic rings. The first-order valence-corrected chi connectivity index (χ1v) is 10.5. The van der Waals surface area contributed by atoms with Gasteiger partial charge in [-0.3, -0.25) is 20.2 Å². The Morgan fingerprint density at radius 1 is 1.17 bits per heavy atom. The molecular formula is C18H20N4O5S2. The van der Waals surface area contributed by atoms with Crippen LogP contribution >= 0.6 is 12.2 Å². The molecule has 0 heterocycles. The molecule has 0 fully saturated rings. The van der Waals surface area contributed by atoms with Crippen molar-refractivity contribution in [2.24, 2.45) is 0 Å². The number of para-hydroxylation sites is 1. The van der Waals surface area contributed by atoms with Gasteiger partial charge in [-0.05, 0) is 55.9 Å². The lowest BCUT2D eigenvalue weighted by Crippen LogP contribution is -2.34. The van der Waals surface area contributed by atoms with Gasteiger partial charge in [0.05, 0.1) is 9.82 Å². The summed E-state index contributed by atoms with van der Waals surface area (Å²) < 4.78 is 27.1. The van der Waals surface area contributed by atoms with Crippen LogP contribution in [-0.4, -0.2) is 30.4 Å². The number of carbonyl (C=O) groups excluding carboxylic acids is 1. The third-order valence-corrected chi connectivity index (χ3v) is 5.77. The van der Waals surface area contributed by atoms with E-state index < -0.39 is 20.9 Å². The zero-order valence-corrected chi connectivity index (χ0v) is 17.3. The van der Waals surface area contributed by atoms with Crippen molar-refractivity contribution in [3.8, 4) is 0 Å².